The van der Waals surface area contributed by atoms with Crippen LogP contribution in [-0.4, -0.2) is 32.8 Å². The number of nitrogens with one attached hydrogen (secondary N) is 1. The third kappa shape index (κ3) is 5.04. The van der Waals surface area contributed by atoms with Gasteiger partial charge in [-0.05, 0) is 48.0 Å². The Kier molecular flexibility index (Phi) is 7.29. The minimum absolute atomic E-state index is 0.265. The van der Waals surface area contributed by atoms with Crippen molar-refractivity contribution in [2.75, 3.05) is 11.9 Å². The summed E-state index contributed by atoms with van der Waals surface area (Å²) in [6.07, 6.45) is 1.71. The van der Waals surface area contributed by atoms with E-state index in [-0.39, 0.29) is 6.61 Å². The van der Waals surface area contributed by atoms with Gasteiger partial charge in [-0.15, -0.1) is 0 Å². The van der Waals surface area contributed by atoms with E-state index in [2.05, 4.69) is 36.8 Å². The van der Waals surface area contributed by atoms with Crippen molar-refractivity contribution in [2.24, 2.45) is 0 Å². The normalized spacial score (nSPS) is 15.1. The van der Waals surface area contributed by atoms with E-state index in [1.165, 1.54) is 0 Å². The fraction of sp³-hybridized carbons (Fsp3) is 0.304. The van der Waals surface area contributed by atoms with Gasteiger partial charge in [-0.2, -0.15) is 4.68 Å². The van der Waals surface area contributed by atoms with Gasteiger partial charge in [0.05, 0.1) is 12.2 Å². The van der Waals surface area contributed by atoms with Crippen LogP contribution in [0.25, 0.3) is 0 Å². The summed E-state index contributed by atoms with van der Waals surface area (Å²) in [7, 11) is 0. The Morgan fingerprint density at radius 3 is 2.88 bits per heavy atom. The number of ether oxygens (including phenoxy) is 2. The van der Waals surface area contributed by atoms with Crippen LogP contribution in [0.1, 0.15) is 43.9 Å². The van der Waals surface area contributed by atoms with Gasteiger partial charge in [0.1, 0.15) is 18.4 Å². The molecule has 1 N–H and O–H groups in total. The molecule has 8 nitrogen and oxygen atoms in total. The van der Waals surface area contributed by atoms with Gasteiger partial charge in [-0.3, -0.25) is 0 Å². The lowest BCUT2D eigenvalue weighted by molar-refractivity contribution is -0.139. The molecule has 0 fully saturated rings. The van der Waals surface area contributed by atoms with E-state index in [9.17, 15) is 4.79 Å². The highest BCUT2D eigenvalue weighted by molar-refractivity contribution is 9.10. The maximum absolute atomic E-state index is 13.1. The SMILES string of the molecule is CCCCOC(=O)C1=C(C)Nc2nnnn2C1c1cc(Br)ccc1OCc1ccccc1Cl. The second-order valence-corrected chi connectivity index (χ2v) is 8.89. The maximum Gasteiger partial charge on any atom is 0.338 e. The Balaban J connectivity index is 1.74. The number of halogens is 2. The summed E-state index contributed by atoms with van der Waals surface area (Å²) in [6.45, 7) is 4.46. The zero-order chi connectivity index (χ0) is 23.4. The van der Waals surface area contributed by atoms with Crippen LogP contribution < -0.4 is 10.1 Å². The Labute approximate surface area is 205 Å². The summed E-state index contributed by atoms with van der Waals surface area (Å²) >= 11 is 9.84. The number of nitrogens with zero attached hydrogens (tertiary/aromatic N) is 4. The first-order valence-corrected chi connectivity index (χ1v) is 11.7. The number of benzene rings is 2. The van der Waals surface area contributed by atoms with Gasteiger partial charge in [0.2, 0.25) is 5.95 Å². The Morgan fingerprint density at radius 1 is 1.27 bits per heavy atom. The third-order valence-corrected chi connectivity index (χ3v) is 6.13. The first-order valence-electron chi connectivity index (χ1n) is 10.6. The standard InChI is InChI=1S/C23H23BrClN5O3/c1-3-4-11-32-22(31)20-14(2)26-23-27-28-29-30(23)21(20)17-12-16(24)9-10-19(17)33-13-15-7-5-6-8-18(15)25/h5-10,12,21H,3-4,11,13H2,1-2H3,(H,26,27,29). The van der Waals surface area contributed by atoms with Crippen molar-refractivity contribution in [2.45, 2.75) is 39.3 Å². The van der Waals surface area contributed by atoms with Crippen molar-refractivity contribution in [3.8, 4) is 5.75 Å². The molecule has 1 aromatic heterocycles. The number of carbonyl (C=O) groups is 1. The Hall–Kier alpha value is -2.91. The molecular weight excluding hydrogens is 510 g/mol. The number of hydrogen-bond acceptors (Lipinski definition) is 7. The highest BCUT2D eigenvalue weighted by Gasteiger charge is 2.36. The second kappa shape index (κ2) is 10.4. The van der Waals surface area contributed by atoms with Crippen molar-refractivity contribution in [1.82, 2.24) is 20.2 Å². The number of allylic oxidation sites excluding steroid dienone is 1. The van der Waals surface area contributed by atoms with Crippen molar-refractivity contribution in [3.05, 3.63) is 74.4 Å². The van der Waals surface area contributed by atoms with Crippen LogP contribution in [0.15, 0.2) is 58.2 Å². The van der Waals surface area contributed by atoms with Crippen LogP contribution in [0.4, 0.5) is 5.95 Å². The molecule has 0 bridgehead atoms. The number of esters is 1. The number of aromatic nitrogens is 4. The van der Waals surface area contributed by atoms with Crippen molar-refractivity contribution < 1.29 is 14.3 Å². The smallest absolute Gasteiger partial charge is 0.338 e. The molecule has 2 aromatic carbocycles. The molecule has 2 heterocycles. The van der Waals surface area contributed by atoms with Crippen LogP contribution in [-0.2, 0) is 16.1 Å². The van der Waals surface area contributed by atoms with Crippen molar-refractivity contribution in [3.63, 3.8) is 0 Å². The van der Waals surface area contributed by atoms with E-state index in [1.54, 1.807) is 4.68 Å². The van der Waals surface area contributed by atoms with E-state index in [4.69, 9.17) is 21.1 Å². The summed E-state index contributed by atoms with van der Waals surface area (Å²) in [5.74, 6) is 0.592. The number of unbranched alkanes of at least 4 members (excludes halogenated alkanes) is 1. The molecule has 0 aliphatic carbocycles. The minimum atomic E-state index is -0.635. The molecule has 0 saturated carbocycles. The van der Waals surface area contributed by atoms with Crippen molar-refractivity contribution >= 4 is 39.4 Å². The quantitative estimate of drug-likeness (QED) is 0.311. The molecule has 0 radical (unpaired) electrons. The molecule has 1 unspecified atom stereocenters. The first-order chi connectivity index (χ1) is 16.0. The summed E-state index contributed by atoms with van der Waals surface area (Å²) in [5, 5.41) is 15.7. The summed E-state index contributed by atoms with van der Waals surface area (Å²) < 4.78 is 14.1. The van der Waals surface area contributed by atoms with Gasteiger partial charge in [-0.25, -0.2) is 4.79 Å². The zero-order valence-electron chi connectivity index (χ0n) is 18.2. The molecule has 1 aliphatic heterocycles. The average molecular weight is 533 g/mol. The highest BCUT2D eigenvalue weighted by Crippen LogP contribution is 2.40. The molecule has 10 heteroatoms. The van der Waals surface area contributed by atoms with Gasteiger partial charge in [0, 0.05) is 26.3 Å². The zero-order valence-corrected chi connectivity index (χ0v) is 20.6. The fourth-order valence-corrected chi connectivity index (χ4v) is 4.16. The van der Waals surface area contributed by atoms with Gasteiger partial charge in [0.15, 0.2) is 0 Å². The molecule has 0 spiro atoms. The lowest BCUT2D eigenvalue weighted by Crippen LogP contribution is -2.30. The molecule has 1 atom stereocenters. The van der Waals surface area contributed by atoms with Crippen LogP contribution in [0.3, 0.4) is 0 Å². The lowest BCUT2D eigenvalue weighted by atomic mass is 9.95. The number of tetrazole rings is 1. The maximum atomic E-state index is 13.1. The van der Waals surface area contributed by atoms with Crippen LogP contribution >= 0.6 is 27.5 Å². The van der Waals surface area contributed by atoms with Crippen molar-refractivity contribution in [1.29, 1.82) is 0 Å². The molecule has 1 aliphatic rings. The predicted octanol–water partition coefficient (Wildman–Crippen LogP) is 5.30. The Morgan fingerprint density at radius 2 is 2.09 bits per heavy atom. The molecule has 3 aromatic rings. The molecule has 172 valence electrons. The fourth-order valence-electron chi connectivity index (χ4n) is 3.59. The number of anilines is 1. The Bertz CT molecular complexity index is 1200. The van der Waals surface area contributed by atoms with E-state index in [0.717, 1.165) is 22.9 Å². The van der Waals surface area contributed by atoms with Gasteiger partial charge in [-0.1, -0.05) is 64.2 Å². The monoisotopic (exact) mass is 531 g/mol. The first kappa shape index (κ1) is 23.3. The number of rotatable bonds is 8. The second-order valence-electron chi connectivity index (χ2n) is 7.56. The predicted molar refractivity (Wildman–Crippen MR) is 128 cm³/mol. The molecule has 4 rings (SSSR count). The van der Waals surface area contributed by atoms with Crippen LogP contribution in [0, 0.1) is 0 Å². The number of fused-ring (bicyclic) bond motifs is 1. The van der Waals surface area contributed by atoms with E-state index < -0.39 is 12.0 Å². The largest absolute Gasteiger partial charge is 0.488 e. The topological polar surface area (TPSA) is 91.2 Å². The molecular formula is C23H23BrClN5O3. The summed E-state index contributed by atoms with van der Waals surface area (Å²) in [6, 6.07) is 12.5. The van der Waals surface area contributed by atoms with E-state index >= 15 is 0 Å². The molecule has 0 amide bonds. The van der Waals surface area contributed by atoms with Gasteiger partial charge < -0.3 is 14.8 Å². The lowest BCUT2D eigenvalue weighted by Gasteiger charge is -2.28. The third-order valence-electron chi connectivity index (χ3n) is 5.27. The van der Waals surface area contributed by atoms with Crippen LogP contribution in [0.5, 0.6) is 5.75 Å². The van der Waals surface area contributed by atoms with Crippen LogP contribution in [0.2, 0.25) is 5.02 Å². The van der Waals surface area contributed by atoms with E-state index in [0.29, 0.717) is 40.2 Å². The summed E-state index contributed by atoms with van der Waals surface area (Å²) in [5.41, 5.74) is 2.62. The number of carbonyl (C=O) groups excluding carboxylic acids is 1. The highest BCUT2D eigenvalue weighted by atomic mass is 79.9. The average Bonchev–Trinajstić information content (AvgIpc) is 3.26. The van der Waals surface area contributed by atoms with E-state index in [1.807, 2.05) is 56.3 Å². The van der Waals surface area contributed by atoms with Gasteiger partial charge >= 0.3 is 5.97 Å². The summed E-state index contributed by atoms with van der Waals surface area (Å²) in [4.78, 5) is 13.1. The van der Waals surface area contributed by atoms with Gasteiger partial charge in [0.25, 0.3) is 0 Å². The number of hydrogen-bond donors (Lipinski definition) is 1. The minimum Gasteiger partial charge on any atom is -0.488 e. The molecule has 0 saturated heterocycles. The molecule has 33 heavy (non-hydrogen) atoms.